The quantitative estimate of drug-likeness (QED) is 0.406. The number of ether oxygens (including phenoxy) is 1. The van der Waals surface area contributed by atoms with Crippen LogP contribution in [0.25, 0.3) is 21.8 Å². The number of carbonyl (C=O) groups excluding carboxylic acids is 2. The molecule has 2 aromatic heterocycles. The first kappa shape index (κ1) is 25.4. The molecule has 0 saturated carbocycles. The van der Waals surface area contributed by atoms with Gasteiger partial charge in [0.15, 0.2) is 5.82 Å². The summed E-state index contributed by atoms with van der Waals surface area (Å²) >= 11 is 0. The maximum atomic E-state index is 14.6. The van der Waals surface area contributed by atoms with Crippen LogP contribution in [0.1, 0.15) is 38.1 Å². The number of fused-ring (bicyclic) bond motifs is 2. The van der Waals surface area contributed by atoms with Gasteiger partial charge in [0.2, 0.25) is 0 Å². The van der Waals surface area contributed by atoms with Crippen LogP contribution in [0.2, 0.25) is 0 Å². The predicted molar refractivity (Wildman–Crippen MR) is 145 cm³/mol. The molecule has 0 unspecified atom stereocenters. The minimum atomic E-state index is -0.541. The number of nitrogens with one attached hydrogen (secondary N) is 1. The molecule has 1 aliphatic rings. The molecule has 10 heteroatoms. The van der Waals surface area contributed by atoms with Crippen LogP contribution in [-0.2, 0) is 11.3 Å². The summed E-state index contributed by atoms with van der Waals surface area (Å²) < 4.78 is 21.9. The number of halogens is 1. The molecule has 2 amide bonds. The van der Waals surface area contributed by atoms with Gasteiger partial charge in [0.1, 0.15) is 16.6 Å². The second-order valence-corrected chi connectivity index (χ2v) is 10.3. The van der Waals surface area contributed by atoms with Crippen molar-refractivity contribution in [3.63, 3.8) is 0 Å². The summed E-state index contributed by atoms with van der Waals surface area (Å²) in [4.78, 5) is 33.8. The van der Waals surface area contributed by atoms with E-state index >= 15 is 0 Å². The van der Waals surface area contributed by atoms with Crippen LogP contribution >= 0.6 is 0 Å². The van der Waals surface area contributed by atoms with Crippen molar-refractivity contribution in [2.75, 3.05) is 36.4 Å². The minimum Gasteiger partial charge on any atom is -0.444 e. The molecule has 1 aliphatic heterocycles. The SMILES string of the molecule is CCn1cc2c(N3CCN(C(=O)OC(C)(C)C)CC3)ccc(C(=O)Nc3cc(F)c4ncccc4c3)c2n1. The third kappa shape index (κ3) is 5.11. The molecular formula is C28H31FN6O3. The van der Waals surface area contributed by atoms with E-state index in [-0.39, 0.29) is 17.5 Å². The normalized spacial score (nSPS) is 14.2. The fourth-order valence-corrected chi connectivity index (χ4v) is 4.63. The van der Waals surface area contributed by atoms with E-state index in [0.29, 0.717) is 54.9 Å². The number of nitrogens with zero attached hydrogens (tertiary/aromatic N) is 5. The molecule has 0 atom stereocenters. The van der Waals surface area contributed by atoms with Crippen LogP contribution < -0.4 is 10.2 Å². The highest BCUT2D eigenvalue weighted by molar-refractivity contribution is 6.14. The Morgan fingerprint density at radius 3 is 2.55 bits per heavy atom. The van der Waals surface area contributed by atoms with Gasteiger partial charge in [-0.2, -0.15) is 5.10 Å². The van der Waals surface area contributed by atoms with Crippen molar-refractivity contribution in [2.45, 2.75) is 39.8 Å². The Labute approximate surface area is 220 Å². The van der Waals surface area contributed by atoms with Gasteiger partial charge < -0.3 is 19.9 Å². The van der Waals surface area contributed by atoms with Gasteiger partial charge in [-0.3, -0.25) is 14.5 Å². The highest BCUT2D eigenvalue weighted by atomic mass is 19.1. The molecule has 1 fully saturated rings. The molecule has 0 spiro atoms. The van der Waals surface area contributed by atoms with Crippen molar-refractivity contribution < 1.29 is 18.7 Å². The Morgan fingerprint density at radius 2 is 1.84 bits per heavy atom. The van der Waals surface area contributed by atoms with Crippen molar-refractivity contribution >= 4 is 45.2 Å². The molecule has 2 aromatic carbocycles. The number of benzene rings is 2. The lowest BCUT2D eigenvalue weighted by atomic mass is 10.1. The Balaban J connectivity index is 1.39. The molecular weight excluding hydrogens is 487 g/mol. The summed E-state index contributed by atoms with van der Waals surface area (Å²) in [5.41, 5.74) is 1.97. The number of amides is 2. The largest absolute Gasteiger partial charge is 0.444 e. The first-order chi connectivity index (χ1) is 18.1. The van der Waals surface area contributed by atoms with Crippen LogP contribution in [0.3, 0.4) is 0 Å². The summed E-state index contributed by atoms with van der Waals surface area (Å²) in [7, 11) is 0. The lowest BCUT2D eigenvalue weighted by molar-refractivity contribution is 0.0240. The fraction of sp³-hybridized carbons (Fsp3) is 0.357. The molecule has 5 rings (SSSR count). The minimum absolute atomic E-state index is 0.255. The smallest absolute Gasteiger partial charge is 0.410 e. The maximum Gasteiger partial charge on any atom is 0.410 e. The number of rotatable bonds is 4. The molecule has 198 valence electrons. The number of pyridine rings is 1. The second kappa shape index (κ2) is 9.92. The summed E-state index contributed by atoms with van der Waals surface area (Å²) in [6.07, 6.45) is 3.15. The van der Waals surface area contributed by atoms with Gasteiger partial charge in [-0.1, -0.05) is 6.07 Å². The molecule has 1 N–H and O–H groups in total. The van der Waals surface area contributed by atoms with Crippen molar-refractivity contribution in [3.05, 3.63) is 60.2 Å². The van der Waals surface area contributed by atoms with Gasteiger partial charge in [0, 0.05) is 67.3 Å². The Morgan fingerprint density at radius 1 is 1.08 bits per heavy atom. The summed E-state index contributed by atoms with van der Waals surface area (Å²) in [5, 5.41) is 8.93. The van der Waals surface area contributed by atoms with Crippen LogP contribution in [0.15, 0.2) is 48.8 Å². The average molecular weight is 519 g/mol. The van der Waals surface area contributed by atoms with Gasteiger partial charge in [-0.05, 0) is 58.0 Å². The van der Waals surface area contributed by atoms with E-state index in [4.69, 9.17) is 4.74 Å². The first-order valence-corrected chi connectivity index (χ1v) is 12.7. The third-order valence-electron chi connectivity index (χ3n) is 6.46. The summed E-state index contributed by atoms with van der Waals surface area (Å²) in [5.74, 6) is -0.875. The van der Waals surface area contributed by atoms with Gasteiger partial charge >= 0.3 is 6.09 Å². The Bertz CT molecular complexity index is 1520. The third-order valence-corrected chi connectivity index (χ3v) is 6.46. The molecule has 3 heterocycles. The van der Waals surface area contributed by atoms with Crippen molar-refractivity contribution in [1.29, 1.82) is 0 Å². The number of aryl methyl sites for hydroxylation is 1. The molecule has 0 aliphatic carbocycles. The van der Waals surface area contributed by atoms with Crippen molar-refractivity contribution in [2.24, 2.45) is 0 Å². The molecule has 1 saturated heterocycles. The Hall–Kier alpha value is -4.21. The van der Waals surface area contributed by atoms with E-state index in [9.17, 15) is 14.0 Å². The summed E-state index contributed by atoms with van der Waals surface area (Å²) in [6.45, 7) is 10.5. The van der Waals surface area contributed by atoms with Gasteiger partial charge in [0.25, 0.3) is 5.91 Å². The highest BCUT2D eigenvalue weighted by Crippen LogP contribution is 2.31. The number of hydrogen-bond donors (Lipinski definition) is 1. The lowest BCUT2D eigenvalue weighted by Gasteiger charge is -2.37. The Kier molecular flexibility index (Phi) is 6.64. The second-order valence-electron chi connectivity index (χ2n) is 10.3. The zero-order valence-electron chi connectivity index (χ0n) is 22.0. The van der Waals surface area contributed by atoms with Crippen LogP contribution in [0.4, 0.5) is 20.6 Å². The van der Waals surface area contributed by atoms with E-state index in [1.807, 2.05) is 40.0 Å². The molecule has 9 nitrogen and oxygen atoms in total. The van der Waals surface area contributed by atoms with E-state index in [1.54, 1.807) is 33.8 Å². The number of carbonyl (C=O) groups is 2. The summed E-state index contributed by atoms with van der Waals surface area (Å²) in [6, 6.07) is 10.1. The number of anilines is 2. The average Bonchev–Trinajstić information content (AvgIpc) is 3.32. The standard InChI is InChI=1S/C28H31FN6O3/c1-5-35-17-21-23(33-11-13-34(14-12-33)27(37)38-28(2,3)4)9-8-20(25(21)32-35)26(36)31-19-15-18-7-6-10-30-24(18)22(29)16-19/h6-10,15-17H,5,11-14H2,1-4H3,(H,31,36). The van der Waals surface area contributed by atoms with Crippen LogP contribution in [0, 0.1) is 5.82 Å². The number of piperazine rings is 1. The maximum absolute atomic E-state index is 14.6. The van der Waals surface area contributed by atoms with Gasteiger partial charge in [-0.25, -0.2) is 9.18 Å². The number of aromatic nitrogens is 3. The number of hydrogen-bond acceptors (Lipinski definition) is 6. The van der Waals surface area contributed by atoms with Crippen molar-refractivity contribution in [3.8, 4) is 0 Å². The van der Waals surface area contributed by atoms with Crippen LogP contribution in [0.5, 0.6) is 0 Å². The molecule has 4 aromatic rings. The van der Waals surface area contributed by atoms with Crippen molar-refractivity contribution in [1.82, 2.24) is 19.7 Å². The molecule has 0 radical (unpaired) electrons. The highest BCUT2D eigenvalue weighted by Gasteiger charge is 2.27. The lowest BCUT2D eigenvalue weighted by Crippen LogP contribution is -2.50. The van der Waals surface area contributed by atoms with E-state index in [1.165, 1.54) is 12.3 Å². The van der Waals surface area contributed by atoms with Gasteiger partial charge in [0.05, 0.1) is 5.56 Å². The van der Waals surface area contributed by atoms with E-state index in [2.05, 4.69) is 20.3 Å². The molecule has 38 heavy (non-hydrogen) atoms. The first-order valence-electron chi connectivity index (χ1n) is 12.7. The topological polar surface area (TPSA) is 92.6 Å². The van der Waals surface area contributed by atoms with E-state index in [0.717, 1.165) is 11.1 Å². The zero-order valence-corrected chi connectivity index (χ0v) is 22.0. The monoisotopic (exact) mass is 518 g/mol. The van der Waals surface area contributed by atoms with Gasteiger partial charge in [-0.15, -0.1) is 0 Å². The molecule has 0 bridgehead atoms. The van der Waals surface area contributed by atoms with Crippen LogP contribution in [-0.4, -0.2) is 63.4 Å². The fourth-order valence-electron chi connectivity index (χ4n) is 4.63. The zero-order chi connectivity index (χ0) is 27.0. The predicted octanol–water partition coefficient (Wildman–Crippen LogP) is 5.05. The van der Waals surface area contributed by atoms with E-state index < -0.39 is 11.4 Å².